The van der Waals surface area contributed by atoms with Crippen LogP contribution in [0.25, 0.3) is 0 Å². The van der Waals surface area contributed by atoms with Crippen molar-refractivity contribution in [3.8, 4) is 5.75 Å². The maximum absolute atomic E-state index is 14.0. The summed E-state index contributed by atoms with van der Waals surface area (Å²) >= 11 is 0. The van der Waals surface area contributed by atoms with Gasteiger partial charge in [0.1, 0.15) is 16.8 Å². The number of aryl methyl sites for hydroxylation is 3. The molecule has 4 nitrogen and oxygen atoms in total. The molecule has 1 unspecified atom stereocenters. The third-order valence-corrected chi connectivity index (χ3v) is 8.22. The van der Waals surface area contributed by atoms with Crippen molar-refractivity contribution in [1.82, 2.24) is 4.90 Å². The van der Waals surface area contributed by atoms with Gasteiger partial charge in [0.2, 0.25) is 5.91 Å². The fraction of sp³-hybridized carbons (Fsp3) is 0.516. The van der Waals surface area contributed by atoms with Crippen LogP contribution in [0, 0.1) is 5.92 Å². The first kappa shape index (κ1) is 25.3. The fourth-order valence-corrected chi connectivity index (χ4v) is 5.77. The van der Waals surface area contributed by atoms with Crippen molar-refractivity contribution in [1.29, 1.82) is 0 Å². The highest BCUT2D eigenvalue weighted by atomic mass is 16.5. The topological polar surface area (TPSA) is 55.6 Å². The average Bonchev–Trinajstić information content (AvgIpc) is 3.67. The Kier molecular flexibility index (Phi) is 7.30. The molecule has 5 rings (SSSR count). The first-order valence-corrected chi connectivity index (χ1v) is 13.4. The molecule has 1 aliphatic heterocycles. The van der Waals surface area contributed by atoms with Crippen molar-refractivity contribution >= 4 is 5.91 Å². The Morgan fingerprint density at radius 3 is 2.26 bits per heavy atom. The number of benzene rings is 2. The van der Waals surface area contributed by atoms with E-state index >= 15 is 0 Å². The van der Waals surface area contributed by atoms with Gasteiger partial charge in [0.15, 0.2) is 0 Å². The van der Waals surface area contributed by atoms with Crippen molar-refractivity contribution in [2.75, 3.05) is 7.05 Å². The number of fused-ring (bicyclic) bond motifs is 2. The van der Waals surface area contributed by atoms with E-state index in [1.807, 2.05) is 0 Å². The van der Waals surface area contributed by atoms with Crippen LogP contribution in [0.3, 0.4) is 0 Å². The molecule has 1 heterocycles. The van der Waals surface area contributed by atoms with Crippen LogP contribution in [0.15, 0.2) is 54.9 Å². The molecule has 2 aliphatic carbocycles. The van der Waals surface area contributed by atoms with Gasteiger partial charge >= 0.3 is 0 Å². The SMILES string of the molecule is C=C(N)N(C)C(=O)C1(C)c2cc(CCC3CC3)ccc2OC12CCc1ccccc1CC2.CCC. The smallest absolute Gasteiger partial charge is 0.242 e. The van der Waals surface area contributed by atoms with E-state index in [9.17, 15) is 4.79 Å². The number of carbonyl (C=O) groups excluding carboxylic acids is 1. The fourth-order valence-electron chi connectivity index (χ4n) is 5.77. The van der Waals surface area contributed by atoms with Gasteiger partial charge in [0.05, 0.1) is 5.82 Å². The number of amides is 1. The summed E-state index contributed by atoms with van der Waals surface area (Å²) < 4.78 is 6.79. The second-order valence-electron chi connectivity index (χ2n) is 10.9. The molecule has 1 spiro atoms. The number of hydrogen-bond acceptors (Lipinski definition) is 3. The van der Waals surface area contributed by atoms with E-state index in [4.69, 9.17) is 10.5 Å². The molecule has 0 radical (unpaired) electrons. The van der Waals surface area contributed by atoms with Crippen LogP contribution in [-0.4, -0.2) is 23.5 Å². The van der Waals surface area contributed by atoms with Gasteiger partial charge in [-0.25, -0.2) is 0 Å². The highest BCUT2D eigenvalue weighted by molar-refractivity contribution is 5.92. The number of hydrogen-bond donors (Lipinski definition) is 1. The molecule has 3 aliphatic rings. The number of likely N-dealkylation sites (N-methyl/N-ethyl adjacent to an activating group) is 1. The minimum absolute atomic E-state index is 0.0333. The largest absolute Gasteiger partial charge is 0.485 e. The van der Waals surface area contributed by atoms with E-state index in [0.717, 1.165) is 49.3 Å². The highest BCUT2D eigenvalue weighted by Crippen LogP contribution is 2.55. The van der Waals surface area contributed by atoms with Crippen molar-refractivity contribution < 1.29 is 9.53 Å². The lowest BCUT2D eigenvalue weighted by molar-refractivity contribution is -0.141. The lowest BCUT2D eigenvalue weighted by Gasteiger charge is -2.42. The van der Waals surface area contributed by atoms with Crippen LogP contribution in [0.2, 0.25) is 0 Å². The Balaban J connectivity index is 0.000000917. The van der Waals surface area contributed by atoms with Gasteiger partial charge in [-0.15, -0.1) is 0 Å². The van der Waals surface area contributed by atoms with Gasteiger partial charge < -0.3 is 15.4 Å². The molecule has 2 N–H and O–H groups in total. The molecule has 2 aromatic carbocycles. The number of rotatable bonds is 5. The summed E-state index contributed by atoms with van der Waals surface area (Å²) in [4.78, 5) is 15.5. The molecule has 1 atom stereocenters. The number of nitrogens with two attached hydrogens (primary N) is 1. The standard InChI is InChI=1S/C28H34N2O2.C3H8/c1-19(29)30(3)26(31)27(2)24-18-21(11-10-20-8-9-20)12-13-25(24)32-28(27)16-14-22-6-4-5-7-23(22)15-17-28;1-3-2/h4-7,12-13,18,20H,1,8-11,14-17,29H2,2-3H3;3H2,1-2H3. The average molecular weight is 475 g/mol. The van der Waals surface area contributed by atoms with Crippen LogP contribution in [0.1, 0.15) is 81.5 Å². The molecule has 2 aromatic rings. The van der Waals surface area contributed by atoms with E-state index in [0.29, 0.717) is 0 Å². The molecule has 0 saturated heterocycles. The molecular formula is C31H42N2O2. The van der Waals surface area contributed by atoms with Crippen molar-refractivity contribution in [3.05, 3.63) is 77.1 Å². The first-order chi connectivity index (χ1) is 16.8. The quantitative estimate of drug-likeness (QED) is 0.553. The minimum atomic E-state index is -0.822. The third kappa shape index (κ3) is 4.72. The Hall–Kier alpha value is -2.75. The van der Waals surface area contributed by atoms with Gasteiger partial charge in [-0.1, -0.05) is 76.1 Å². The Labute approximate surface area is 211 Å². The number of nitrogens with zero attached hydrogens (tertiary/aromatic N) is 1. The first-order valence-electron chi connectivity index (χ1n) is 13.4. The van der Waals surface area contributed by atoms with Crippen LogP contribution >= 0.6 is 0 Å². The monoisotopic (exact) mass is 474 g/mol. The summed E-state index contributed by atoms with van der Waals surface area (Å²) in [6.07, 6.45) is 9.63. The number of ether oxygens (including phenoxy) is 1. The van der Waals surface area contributed by atoms with E-state index in [1.165, 1.54) is 47.3 Å². The van der Waals surface area contributed by atoms with Crippen LogP contribution in [0.5, 0.6) is 5.75 Å². The lowest BCUT2D eigenvalue weighted by Crippen LogP contribution is -2.58. The third-order valence-electron chi connectivity index (χ3n) is 8.22. The van der Waals surface area contributed by atoms with Crippen LogP contribution in [0.4, 0.5) is 0 Å². The zero-order chi connectivity index (χ0) is 25.2. The Morgan fingerprint density at radius 2 is 1.71 bits per heavy atom. The summed E-state index contributed by atoms with van der Waals surface area (Å²) in [7, 11) is 1.73. The van der Waals surface area contributed by atoms with Crippen LogP contribution in [-0.2, 0) is 29.5 Å². The Bertz CT molecular complexity index is 1060. The maximum atomic E-state index is 14.0. The summed E-state index contributed by atoms with van der Waals surface area (Å²) in [6, 6.07) is 15.1. The van der Waals surface area contributed by atoms with E-state index in [2.05, 4.69) is 69.8 Å². The molecule has 188 valence electrons. The van der Waals surface area contributed by atoms with Crippen molar-refractivity contribution in [2.45, 2.75) is 89.6 Å². The van der Waals surface area contributed by atoms with Gasteiger partial charge in [-0.3, -0.25) is 4.79 Å². The van der Waals surface area contributed by atoms with Gasteiger partial charge in [-0.2, -0.15) is 0 Å². The normalized spacial score (nSPS) is 21.6. The van der Waals surface area contributed by atoms with Gasteiger partial charge in [0, 0.05) is 12.6 Å². The molecule has 1 saturated carbocycles. The minimum Gasteiger partial charge on any atom is -0.485 e. The second kappa shape index (κ2) is 10.1. The van der Waals surface area contributed by atoms with Gasteiger partial charge in [-0.05, 0) is 74.1 Å². The molecule has 0 bridgehead atoms. The van der Waals surface area contributed by atoms with E-state index < -0.39 is 11.0 Å². The van der Waals surface area contributed by atoms with Crippen molar-refractivity contribution in [2.24, 2.45) is 11.7 Å². The second-order valence-corrected chi connectivity index (χ2v) is 10.9. The maximum Gasteiger partial charge on any atom is 0.242 e. The van der Waals surface area contributed by atoms with E-state index in [1.54, 1.807) is 7.05 Å². The zero-order valence-corrected chi connectivity index (χ0v) is 22.0. The van der Waals surface area contributed by atoms with Gasteiger partial charge in [0.25, 0.3) is 0 Å². The molecule has 1 amide bonds. The molecule has 0 aromatic heterocycles. The van der Waals surface area contributed by atoms with Crippen LogP contribution < -0.4 is 10.5 Å². The molecule has 35 heavy (non-hydrogen) atoms. The predicted molar refractivity (Wildman–Crippen MR) is 143 cm³/mol. The summed E-state index contributed by atoms with van der Waals surface area (Å²) in [5.74, 6) is 1.96. The van der Waals surface area contributed by atoms with E-state index in [-0.39, 0.29) is 11.7 Å². The Morgan fingerprint density at radius 1 is 1.11 bits per heavy atom. The molecular weight excluding hydrogens is 432 g/mol. The zero-order valence-electron chi connectivity index (χ0n) is 22.0. The highest BCUT2D eigenvalue weighted by Gasteiger charge is 2.62. The van der Waals surface area contributed by atoms with Crippen molar-refractivity contribution in [3.63, 3.8) is 0 Å². The lowest BCUT2D eigenvalue weighted by atomic mass is 9.65. The predicted octanol–water partition coefficient (Wildman–Crippen LogP) is 6.30. The number of carbonyl (C=O) groups is 1. The molecule has 4 heteroatoms. The summed E-state index contributed by atoms with van der Waals surface area (Å²) in [5.41, 5.74) is 9.58. The summed E-state index contributed by atoms with van der Waals surface area (Å²) in [6.45, 7) is 10.2. The molecule has 1 fully saturated rings. The summed E-state index contributed by atoms with van der Waals surface area (Å²) in [5, 5.41) is 0.